The zero-order valence-corrected chi connectivity index (χ0v) is 16.4. The van der Waals surface area contributed by atoms with Gasteiger partial charge in [0, 0.05) is 44.3 Å². The normalized spacial score (nSPS) is 13.0. The smallest absolute Gasteiger partial charge is 0.0919 e. The van der Waals surface area contributed by atoms with Gasteiger partial charge in [-0.1, -0.05) is 52.8 Å². The number of aromatic nitrogens is 2. The van der Waals surface area contributed by atoms with Gasteiger partial charge in [0.15, 0.2) is 0 Å². The fourth-order valence-electron chi connectivity index (χ4n) is 2.47. The summed E-state index contributed by atoms with van der Waals surface area (Å²) in [7, 11) is 0. The van der Waals surface area contributed by atoms with Crippen molar-refractivity contribution >= 4 is 5.69 Å². The van der Waals surface area contributed by atoms with E-state index >= 15 is 0 Å². The Morgan fingerprint density at radius 3 is 2.21 bits per heavy atom. The van der Waals surface area contributed by atoms with Crippen LogP contribution in [0.2, 0.25) is 0 Å². The Kier molecular flexibility index (Phi) is 13.6. The molecule has 0 atom stereocenters. The van der Waals surface area contributed by atoms with E-state index in [9.17, 15) is 0 Å². The van der Waals surface area contributed by atoms with Crippen LogP contribution in [0.25, 0.3) is 0 Å². The molecule has 4 heteroatoms. The quantitative estimate of drug-likeness (QED) is 0.857. The molecule has 0 aliphatic carbocycles. The summed E-state index contributed by atoms with van der Waals surface area (Å²) >= 11 is 0. The van der Waals surface area contributed by atoms with Crippen molar-refractivity contribution in [2.75, 3.05) is 31.1 Å². The van der Waals surface area contributed by atoms with E-state index in [0.29, 0.717) is 0 Å². The minimum atomic E-state index is 1.10. The van der Waals surface area contributed by atoms with E-state index in [-0.39, 0.29) is 0 Å². The Morgan fingerprint density at radius 2 is 1.71 bits per heavy atom. The number of rotatable bonds is 2. The van der Waals surface area contributed by atoms with Crippen molar-refractivity contribution in [2.45, 2.75) is 48.1 Å². The minimum Gasteiger partial charge on any atom is -0.370 e. The molecule has 1 aromatic heterocycles. The Balaban J connectivity index is 0.000000490. The Hall–Kier alpha value is -1.81. The van der Waals surface area contributed by atoms with Crippen LogP contribution in [-0.2, 0) is 6.54 Å². The third kappa shape index (κ3) is 7.64. The van der Waals surface area contributed by atoms with E-state index in [0.717, 1.165) is 26.2 Å². The zero-order valence-electron chi connectivity index (χ0n) is 16.4. The average molecular weight is 333 g/mol. The lowest BCUT2D eigenvalue weighted by atomic mass is 10.1. The van der Waals surface area contributed by atoms with Gasteiger partial charge in [0.05, 0.1) is 6.33 Å². The summed E-state index contributed by atoms with van der Waals surface area (Å²) < 4.78 is 0. The average Bonchev–Trinajstić information content (AvgIpc) is 3.20. The number of nitrogens with zero attached hydrogens (tertiary/aromatic N) is 3. The van der Waals surface area contributed by atoms with Crippen molar-refractivity contribution in [1.82, 2.24) is 14.9 Å². The second-order valence-corrected chi connectivity index (χ2v) is 4.84. The van der Waals surface area contributed by atoms with Crippen molar-refractivity contribution < 1.29 is 0 Å². The van der Waals surface area contributed by atoms with Crippen LogP contribution < -0.4 is 4.90 Å². The van der Waals surface area contributed by atoms with Gasteiger partial charge in [-0.2, -0.15) is 0 Å². The molecule has 0 radical (unpaired) electrons. The van der Waals surface area contributed by atoms with Gasteiger partial charge in [-0.3, -0.25) is 4.90 Å². The summed E-state index contributed by atoms with van der Waals surface area (Å²) in [6.45, 7) is 18.2. The standard InChI is InChI=1S/C13H20N2.C3H4N2.2C2H6/c1-3-14-9-10-15(4-2)13-8-6-5-7-12(13)11-14;1-2-5-3-4-1;2*1-2/h5-8H,3-4,9-11H2,1-2H3;1-3H,(H,4,5);2*1-2H3. The highest BCUT2D eigenvalue weighted by Gasteiger charge is 2.16. The van der Waals surface area contributed by atoms with E-state index in [1.165, 1.54) is 17.8 Å². The number of imidazole rings is 1. The van der Waals surface area contributed by atoms with Gasteiger partial charge in [0.2, 0.25) is 0 Å². The number of benzene rings is 1. The maximum absolute atomic E-state index is 3.67. The maximum atomic E-state index is 3.67. The molecule has 4 nitrogen and oxygen atoms in total. The molecule has 3 rings (SSSR count). The topological polar surface area (TPSA) is 35.2 Å². The number of likely N-dealkylation sites (N-methyl/N-ethyl adjacent to an activating group) is 2. The number of aromatic amines is 1. The minimum absolute atomic E-state index is 1.10. The molecule has 0 unspecified atom stereocenters. The van der Waals surface area contributed by atoms with Crippen molar-refractivity contribution in [3.8, 4) is 0 Å². The first-order chi connectivity index (χ1) is 11.8. The summed E-state index contributed by atoms with van der Waals surface area (Å²) in [5.74, 6) is 0. The van der Waals surface area contributed by atoms with Gasteiger partial charge in [0.25, 0.3) is 0 Å². The molecule has 2 aromatic rings. The monoisotopic (exact) mass is 332 g/mol. The van der Waals surface area contributed by atoms with Gasteiger partial charge in [-0.05, 0) is 25.1 Å². The second kappa shape index (κ2) is 14.8. The molecule has 0 spiro atoms. The van der Waals surface area contributed by atoms with Crippen LogP contribution in [0, 0.1) is 0 Å². The summed E-state index contributed by atoms with van der Waals surface area (Å²) in [6, 6.07) is 8.79. The summed E-state index contributed by atoms with van der Waals surface area (Å²) in [5.41, 5.74) is 2.90. The molecule has 1 N–H and O–H groups in total. The highest BCUT2D eigenvalue weighted by atomic mass is 15.2. The first-order valence-electron chi connectivity index (χ1n) is 9.33. The fraction of sp³-hybridized carbons (Fsp3) is 0.550. The maximum Gasteiger partial charge on any atom is 0.0919 e. The van der Waals surface area contributed by atoms with Crippen molar-refractivity contribution in [2.24, 2.45) is 0 Å². The molecule has 0 bridgehead atoms. The Labute approximate surface area is 148 Å². The SMILES string of the molecule is CC.CC.CCN1CCN(CC)c2ccccc2C1.c1c[nH]cn1. The number of nitrogens with one attached hydrogen (secondary N) is 1. The van der Waals surface area contributed by atoms with E-state index in [1.807, 2.05) is 27.7 Å². The second-order valence-electron chi connectivity index (χ2n) is 4.84. The molecule has 0 saturated carbocycles. The fourth-order valence-corrected chi connectivity index (χ4v) is 2.47. The predicted molar refractivity (Wildman–Crippen MR) is 107 cm³/mol. The number of H-pyrrole nitrogens is 1. The molecule has 0 amide bonds. The molecule has 1 aliphatic heterocycles. The Morgan fingerprint density at radius 1 is 1.00 bits per heavy atom. The number of para-hydroxylation sites is 1. The van der Waals surface area contributed by atoms with Crippen LogP contribution in [-0.4, -0.2) is 41.0 Å². The van der Waals surface area contributed by atoms with Gasteiger partial charge in [0.1, 0.15) is 0 Å². The van der Waals surface area contributed by atoms with Gasteiger partial charge < -0.3 is 9.88 Å². The van der Waals surface area contributed by atoms with Crippen LogP contribution in [0.5, 0.6) is 0 Å². The number of fused-ring (bicyclic) bond motifs is 1. The van der Waals surface area contributed by atoms with E-state index < -0.39 is 0 Å². The first-order valence-corrected chi connectivity index (χ1v) is 9.33. The predicted octanol–water partition coefficient (Wildman–Crippen LogP) is 4.81. The first kappa shape index (κ1) is 22.2. The zero-order chi connectivity index (χ0) is 18.2. The molecular weight excluding hydrogens is 296 g/mol. The van der Waals surface area contributed by atoms with E-state index in [2.05, 4.69) is 57.9 Å². The Bertz CT molecular complexity index is 465. The molecular formula is C20H36N4. The highest BCUT2D eigenvalue weighted by Crippen LogP contribution is 2.24. The molecule has 0 fully saturated rings. The van der Waals surface area contributed by atoms with Crippen LogP contribution in [0.4, 0.5) is 5.69 Å². The van der Waals surface area contributed by atoms with Gasteiger partial charge >= 0.3 is 0 Å². The third-order valence-electron chi connectivity index (χ3n) is 3.65. The van der Waals surface area contributed by atoms with Crippen molar-refractivity contribution in [3.63, 3.8) is 0 Å². The molecule has 1 aliphatic rings. The summed E-state index contributed by atoms with van der Waals surface area (Å²) in [4.78, 5) is 11.4. The number of hydrogen-bond acceptors (Lipinski definition) is 3. The lowest BCUT2D eigenvalue weighted by molar-refractivity contribution is 0.293. The van der Waals surface area contributed by atoms with E-state index in [1.54, 1.807) is 18.7 Å². The molecule has 0 saturated heterocycles. The number of hydrogen-bond donors (Lipinski definition) is 1. The van der Waals surface area contributed by atoms with Crippen molar-refractivity contribution in [3.05, 3.63) is 48.5 Å². The van der Waals surface area contributed by atoms with E-state index in [4.69, 9.17) is 0 Å². The van der Waals surface area contributed by atoms with Crippen LogP contribution >= 0.6 is 0 Å². The highest BCUT2D eigenvalue weighted by molar-refractivity contribution is 5.54. The summed E-state index contributed by atoms with van der Waals surface area (Å²) in [5, 5.41) is 0. The van der Waals surface area contributed by atoms with Crippen molar-refractivity contribution in [1.29, 1.82) is 0 Å². The number of anilines is 1. The third-order valence-corrected chi connectivity index (χ3v) is 3.65. The lowest BCUT2D eigenvalue weighted by Crippen LogP contribution is -2.31. The molecule has 2 heterocycles. The molecule has 136 valence electrons. The molecule has 1 aromatic carbocycles. The lowest BCUT2D eigenvalue weighted by Gasteiger charge is -2.22. The van der Waals surface area contributed by atoms with Crippen LogP contribution in [0.3, 0.4) is 0 Å². The summed E-state index contributed by atoms with van der Waals surface area (Å²) in [6.07, 6.45) is 5.08. The van der Waals surface area contributed by atoms with Gasteiger partial charge in [-0.15, -0.1) is 0 Å². The molecule has 24 heavy (non-hydrogen) atoms. The van der Waals surface area contributed by atoms with Crippen LogP contribution in [0.15, 0.2) is 43.0 Å². The largest absolute Gasteiger partial charge is 0.370 e. The van der Waals surface area contributed by atoms with Gasteiger partial charge in [-0.25, -0.2) is 4.98 Å². The van der Waals surface area contributed by atoms with Crippen LogP contribution in [0.1, 0.15) is 47.1 Å².